The Hall–Kier alpha value is -2.50. The Balaban J connectivity index is 1.52. The van der Waals surface area contributed by atoms with E-state index >= 15 is 0 Å². The van der Waals surface area contributed by atoms with Crippen LogP contribution in [0.15, 0.2) is 72.8 Å². The third-order valence-electron chi connectivity index (χ3n) is 6.08. The third-order valence-corrected chi connectivity index (χ3v) is 10.8. The number of hydrogen-bond donors (Lipinski definition) is 0. The van der Waals surface area contributed by atoms with Crippen molar-refractivity contribution in [2.45, 2.75) is 0 Å². The average molecular weight is 453 g/mol. The van der Waals surface area contributed by atoms with Crippen molar-refractivity contribution in [3.8, 4) is 0 Å². The minimum atomic E-state index is 1.38. The zero-order valence-corrected chi connectivity index (χ0v) is 18.8. The molecule has 0 aliphatic carbocycles. The summed E-state index contributed by atoms with van der Waals surface area (Å²) in [6, 6.07) is 27.3. The van der Waals surface area contributed by atoms with Crippen molar-refractivity contribution in [1.29, 1.82) is 0 Å². The standard InChI is InChI=1S/C26H12S4/c1-3-7-19-13(5-1)15-9-17-23(11-21(15)27-19)29-26-18-10-16-14-6-2-4-8-20(14)28-22(16)12-24(18)30-25(17)26/h1-12H. The molecule has 0 nitrogen and oxygen atoms in total. The molecule has 8 aromatic rings. The Morgan fingerprint density at radius 3 is 1.27 bits per heavy atom. The van der Waals surface area contributed by atoms with Crippen LogP contribution in [-0.2, 0) is 0 Å². The van der Waals surface area contributed by atoms with E-state index in [4.69, 9.17) is 0 Å². The molecule has 0 aliphatic rings. The Labute approximate surface area is 187 Å². The van der Waals surface area contributed by atoms with Gasteiger partial charge in [0, 0.05) is 60.5 Å². The highest BCUT2D eigenvalue weighted by Gasteiger charge is 2.16. The average Bonchev–Trinajstić information content (AvgIpc) is 3.49. The fraction of sp³-hybridized carbons (Fsp3) is 0. The predicted octanol–water partition coefficient (Wildman–Crippen LogP) is 10.0. The zero-order chi connectivity index (χ0) is 19.4. The monoisotopic (exact) mass is 452 g/mol. The summed E-state index contributed by atoms with van der Waals surface area (Å²) in [5.74, 6) is 0. The maximum atomic E-state index is 2.44. The number of hydrogen-bond acceptors (Lipinski definition) is 4. The van der Waals surface area contributed by atoms with Crippen LogP contribution in [0.5, 0.6) is 0 Å². The first kappa shape index (κ1) is 16.2. The second kappa shape index (κ2) is 5.59. The van der Waals surface area contributed by atoms with Crippen molar-refractivity contribution in [2.75, 3.05) is 0 Å². The van der Waals surface area contributed by atoms with E-state index in [0.29, 0.717) is 0 Å². The van der Waals surface area contributed by atoms with E-state index in [1.54, 1.807) is 0 Å². The van der Waals surface area contributed by atoms with E-state index < -0.39 is 0 Å². The molecule has 0 amide bonds. The largest absolute Gasteiger partial charge is 0.135 e. The second-order valence-electron chi connectivity index (χ2n) is 7.75. The fourth-order valence-corrected chi connectivity index (χ4v) is 9.78. The van der Waals surface area contributed by atoms with Crippen molar-refractivity contribution in [1.82, 2.24) is 0 Å². The normalized spacial score (nSPS) is 12.7. The summed E-state index contributed by atoms with van der Waals surface area (Å²) >= 11 is 7.74. The summed E-state index contributed by atoms with van der Waals surface area (Å²) in [5, 5.41) is 8.39. The molecule has 0 fully saturated rings. The van der Waals surface area contributed by atoms with Crippen LogP contribution in [0.25, 0.3) is 69.9 Å². The third kappa shape index (κ3) is 2.00. The molecule has 0 atom stereocenters. The van der Waals surface area contributed by atoms with Gasteiger partial charge in [0.15, 0.2) is 0 Å². The molecule has 0 spiro atoms. The van der Waals surface area contributed by atoms with Crippen LogP contribution in [0.4, 0.5) is 0 Å². The van der Waals surface area contributed by atoms with Crippen LogP contribution in [0.2, 0.25) is 0 Å². The van der Waals surface area contributed by atoms with Gasteiger partial charge in [-0.1, -0.05) is 36.4 Å². The predicted molar refractivity (Wildman–Crippen MR) is 140 cm³/mol. The number of rotatable bonds is 0. The number of thiophene rings is 4. The molecule has 140 valence electrons. The molecule has 4 aromatic carbocycles. The van der Waals surface area contributed by atoms with E-state index in [2.05, 4.69) is 72.8 Å². The lowest BCUT2D eigenvalue weighted by Gasteiger charge is -1.94. The molecular formula is C26H12S4. The van der Waals surface area contributed by atoms with Crippen molar-refractivity contribution in [2.24, 2.45) is 0 Å². The van der Waals surface area contributed by atoms with Crippen LogP contribution in [0.1, 0.15) is 0 Å². The van der Waals surface area contributed by atoms with E-state index in [1.165, 1.54) is 69.9 Å². The van der Waals surface area contributed by atoms with Gasteiger partial charge in [0.05, 0.1) is 9.40 Å². The molecule has 30 heavy (non-hydrogen) atoms. The number of benzene rings is 4. The van der Waals surface area contributed by atoms with Crippen molar-refractivity contribution in [3.63, 3.8) is 0 Å². The molecule has 0 saturated heterocycles. The van der Waals surface area contributed by atoms with Crippen molar-refractivity contribution < 1.29 is 0 Å². The summed E-state index contributed by atoms with van der Waals surface area (Å²) in [6.45, 7) is 0. The summed E-state index contributed by atoms with van der Waals surface area (Å²) in [5.41, 5.74) is 0. The van der Waals surface area contributed by atoms with Gasteiger partial charge in [-0.3, -0.25) is 0 Å². The molecule has 0 bridgehead atoms. The van der Waals surface area contributed by atoms with Crippen molar-refractivity contribution >= 4 is 115 Å². The van der Waals surface area contributed by atoms with Gasteiger partial charge in [0.1, 0.15) is 0 Å². The van der Waals surface area contributed by atoms with Gasteiger partial charge in [0.2, 0.25) is 0 Å². The fourth-order valence-electron chi connectivity index (χ4n) is 4.70. The molecule has 0 unspecified atom stereocenters. The lowest BCUT2D eigenvalue weighted by molar-refractivity contribution is 1.87. The van der Waals surface area contributed by atoms with Crippen LogP contribution >= 0.6 is 45.3 Å². The van der Waals surface area contributed by atoms with Gasteiger partial charge in [-0.15, -0.1) is 45.3 Å². The van der Waals surface area contributed by atoms with Gasteiger partial charge >= 0.3 is 0 Å². The number of fused-ring (bicyclic) bond motifs is 11. The lowest BCUT2D eigenvalue weighted by atomic mass is 10.1. The van der Waals surface area contributed by atoms with E-state index in [-0.39, 0.29) is 0 Å². The highest BCUT2D eigenvalue weighted by molar-refractivity contribution is 7.37. The van der Waals surface area contributed by atoms with Crippen LogP contribution in [0, 0.1) is 0 Å². The van der Waals surface area contributed by atoms with Gasteiger partial charge in [-0.2, -0.15) is 0 Å². The van der Waals surface area contributed by atoms with Gasteiger partial charge < -0.3 is 0 Å². The summed E-state index contributed by atoms with van der Waals surface area (Å²) in [7, 11) is 0. The van der Waals surface area contributed by atoms with Crippen molar-refractivity contribution in [3.05, 3.63) is 72.8 Å². The summed E-state index contributed by atoms with van der Waals surface area (Å²) in [6.07, 6.45) is 0. The summed E-state index contributed by atoms with van der Waals surface area (Å²) < 4.78 is 11.3. The Morgan fingerprint density at radius 1 is 0.333 bits per heavy atom. The van der Waals surface area contributed by atoms with Gasteiger partial charge in [-0.25, -0.2) is 0 Å². The van der Waals surface area contributed by atoms with Gasteiger partial charge in [-0.05, 0) is 36.4 Å². The quantitative estimate of drug-likeness (QED) is 0.215. The van der Waals surface area contributed by atoms with Crippen LogP contribution < -0.4 is 0 Å². The smallest absolute Gasteiger partial charge is 0.0542 e. The minimum Gasteiger partial charge on any atom is -0.135 e. The minimum absolute atomic E-state index is 1.38. The van der Waals surface area contributed by atoms with E-state index in [1.807, 2.05) is 45.3 Å². The molecule has 0 radical (unpaired) electrons. The molecule has 4 aromatic heterocycles. The second-order valence-corrected chi connectivity index (χ2v) is 12.0. The van der Waals surface area contributed by atoms with E-state index in [9.17, 15) is 0 Å². The van der Waals surface area contributed by atoms with Crippen LogP contribution in [0.3, 0.4) is 0 Å². The van der Waals surface area contributed by atoms with Gasteiger partial charge in [0.25, 0.3) is 0 Å². The first-order valence-corrected chi connectivity index (χ1v) is 13.1. The highest BCUT2D eigenvalue weighted by atomic mass is 32.1. The van der Waals surface area contributed by atoms with Crippen LogP contribution in [-0.4, -0.2) is 0 Å². The molecular weight excluding hydrogens is 441 g/mol. The first-order valence-electron chi connectivity index (χ1n) is 9.85. The Bertz CT molecular complexity index is 1810. The molecule has 0 aliphatic heterocycles. The zero-order valence-electron chi connectivity index (χ0n) is 15.6. The maximum absolute atomic E-state index is 2.44. The molecule has 4 heterocycles. The topological polar surface area (TPSA) is 0 Å². The Kier molecular flexibility index (Phi) is 3.03. The highest BCUT2D eigenvalue weighted by Crippen LogP contribution is 2.49. The molecule has 8 rings (SSSR count). The first-order chi connectivity index (χ1) is 14.8. The maximum Gasteiger partial charge on any atom is 0.0542 e. The summed E-state index contributed by atoms with van der Waals surface area (Å²) in [4.78, 5) is 0. The lowest BCUT2D eigenvalue weighted by Crippen LogP contribution is -1.67. The SMILES string of the molecule is c1ccc2c(c1)sc1cc3sc4c5cc6c(cc5sc4c3cc12)sc1ccccc16. The molecule has 0 N–H and O–H groups in total. The molecule has 4 heteroatoms. The molecule has 0 saturated carbocycles. The van der Waals surface area contributed by atoms with E-state index in [0.717, 1.165) is 0 Å². The Morgan fingerprint density at radius 2 is 0.767 bits per heavy atom.